The average molecular weight is 291 g/mol. The number of amides is 1. The van der Waals surface area contributed by atoms with Gasteiger partial charge in [-0.05, 0) is 30.3 Å². The van der Waals surface area contributed by atoms with Gasteiger partial charge in [-0.15, -0.1) is 0 Å². The van der Waals surface area contributed by atoms with Crippen molar-refractivity contribution in [2.45, 2.75) is 0 Å². The van der Waals surface area contributed by atoms with Gasteiger partial charge in [0.25, 0.3) is 5.91 Å². The first-order valence-corrected chi connectivity index (χ1v) is 6.35. The molecule has 0 fully saturated rings. The van der Waals surface area contributed by atoms with Crippen LogP contribution in [0.25, 0.3) is 0 Å². The molecule has 0 saturated heterocycles. The van der Waals surface area contributed by atoms with Crippen molar-refractivity contribution >= 4 is 34.6 Å². The molecule has 0 unspecified atom stereocenters. The molecule has 104 valence electrons. The number of hydrogen-bond donors (Lipinski definition) is 2. The fourth-order valence-corrected chi connectivity index (χ4v) is 2.09. The Hall–Kier alpha value is -2.27. The maximum Gasteiger partial charge on any atom is 0.276 e. The summed E-state index contributed by atoms with van der Waals surface area (Å²) in [7, 11) is 3.79. The zero-order chi connectivity index (χ0) is 14.7. The minimum atomic E-state index is -0.364. The van der Waals surface area contributed by atoms with Crippen LogP contribution >= 0.6 is 11.6 Å². The molecule has 0 atom stereocenters. The Balaban J connectivity index is 2.21. The molecule has 0 radical (unpaired) electrons. The Morgan fingerprint density at radius 2 is 2.10 bits per heavy atom. The lowest BCUT2D eigenvalue weighted by Crippen LogP contribution is -2.16. The Kier molecular flexibility index (Phi) is 4.10. The summed E-state index contributed by atoms with van der Waals surface area (Å²) in [6.45, 7) is 0. The number of nitrogens with zero attached hydrogens (tertiary/aromatic N) is 2. The first kappa shape index (κ1) is 14.1. The van der Waals surface area contributed by atoms with E-state index in [4.69, 9.17) is 17.3 Å². The summed E-state index contributed by atoms with van der Waals surface area (Å²) in [5.41, 5.74) is 7.71. The van der Waals surface area contributed by atoms with Crippen LogP contribution in [0.2, 0.25) is 5.02 Å². The van der Waals surface area contributed by atoms with Gasteiger partial charge in [-0.2, -0.15) is 0 Å². The minimum Gasteiger partial charge on any atom is -0.397 e. The first-order valence-electron chi connectivity index (χ1n) is 5.97. The van der Waals surface area contributed by atoms with Crippen LogP contribution in [-0.2, 0) is 0 Å². The molecule has 0 aliphatic rings. The number of rotatable bonds is 3. The van der Waals surface area contributed by atoms with Crippen LogP contribution in [-0.4, -0.2) is 25.0 Å². The molecular formula is C14H15ClN4O. The van der Waals surface area contributed by atoms with E-state index >= 15 is 0 Å². The third-order valence-corrected chi connectivity index (χ3v) is 3.04. The number of halogens is 1. The monoisotopic (exact) mass is 290 g/mol. The molecule has 3 N–H and O–H groups in total. The molecule has 0 aliphatic carbocycles. The number of nitrogens with one attached hydrogen (secondary N) is 1. The van der Waals surface area contributed by atoms with Crippen molar-refractivity contribution in [1.29, 1.82) is 0 Å². The van der Waals surface area contributed by atoms with E-state index in [0.717, 1.165) is 5.69 Å². The molecule has 6 heteroatoms. The van der Waals surface area contributed by atoms with Gasteiger partial charge in [-0.25, -0.2) is 4.98 Å². The van der Waals surface area contributed by atoms with E-state index in [1.807, 2.05) is 25.1 Å². The smallest absolute Gasteiger partial charge is 0.276 e. The second-order valence-electron chi connectivity index (χ2n) is 4.46. The van der Waals surface area contributed by atoms with E-state index in [2.05, 4.69) is 10.3 Å². The summed E-state index contributed by atoms with van der Waals surface area (Å²) in [6.07, 6.45) is 1.52. The lowest BCUT2D eigenvalue weighted by molar-refractivity contribution is 0.102. The van der Waals surface area contributed by atoms with Crippen molar-refractivity contribution in [3.8, 4) is 0 Å². The van der Waals surface area contributed by atoms with Crippen molar-refractivity contribution < 1.29 is 4.79 Å². The Morgan fingerprint density at radius 1 is 1.35 bits per heavy atom. The van der Waals surface area contributed by atoms with Crippen LogP contribution in [0.15, 0.2) is 36.5 Å². The average Bonchev–Trinajstić information content (AvgIpc) is 2.38. The molecule has 1 aromatic heterocycles. The number of hydrogen-bond acceptors (Lipinski definition) is 4. The van der Waals surface area contributed by atoms with Crippen molar-refractivity contribution in [1.82, 2.24) is 4.98 Å². The predicted molar refractivity (Wildman–Crippen MR) is 82.4 cm³/mol. The normalized spacial score (nSPS) is 10.2. The van der Waals surface area contributed by atoms with E-state index in [9.17, 15) is 4.79 Å². The van der Waals surface area contributed by atoms with Crippen molar-refractivity contribution in [3.63, 3.8) is 0 Å². The summed E-state index contributed by atoms with van der Waals surface area (Å²) in [5, 5.41) is 3.28. The Bertz CT molecular complexity index is 643. The molecular weight excluding hydrogens is 276 g/mol. The van der Waals surface area contributed by atoms with Crippen LogP contribution in [0.1, 0.15) is 10.5 Å². The van der Waals surface area contributed by atoms with Gasteiger partial charge in [-0.1, -0.05) is 11.6 Å². The number of carbonyl (C=O) groups is 1. The summed E-state index contributed by atoms with van der Waals surface area (Å²) < 4.78 is 0. The van der Waals surface area contributed by atoms with Crippen LogP contribution in [0.3, 0.4) is 0 Å². The topological polar surface area (TPSA) is 71.2 Å². The minimum absolute atomic E-state index is 0.195. The molecule has 2 aromatic rings. The molecule has 1 amide bonds. The zero-order valence-corrected chi connectivity index (χ0v) is 12.0. The summed E-state index contributed by atoms with van der Waals surface area (Å²) >= 11 is 6.15. The molecule has 0 aliphatic heterocycles. The van der Waals surface area contributed by atoms with Crippen molar-refractivity contribution in [3.05, 3.63) is 47.2 Å². The van der Waals surface area contributed by atoms with Crippen LogP contribution in [0.5, 0.6) is 0 Å². The highest BCUT2D eigenvalue weighted by molar-refractivity contribution is 6.33. The molecule has 0 bridgehead atoms. The summed E-state index contributed by atoms with van der Waals surface area (Å²) in [6, 6.07) is 8.60. The number of pyridine rings is 1. The highest BCUT2D eigenvalue weighted by Gasteiger charge is 2.12. The molecule has 0 spiro atoms. The molecule has 20 heavy (non-hydrogen) atoms. The lowest BCUT2D eigenvalue weighted by atomic mass is 10.2. The first-order chi connectivity index (χ1) is 9.49. The SMILES string of the molecule is CN(C)c1ccc(NC(=O)c2ncccc2N)cc1Cl. The molecule has 1 aromatic carbocycles. The summed E-state index contributed by atoms with van der Waals surface area (Å²) in [4.78, 5) is 17.9. The van der Waals surface area contributed by atoms with Gasteiger partial charge < -0.3 is 16.0 Å². The predicted octanol–water partition coefficient (Wildman–Crippen LogP) is 2.64. The largest absolute Gasteiger partial charge is 0.397 e. The second kappa shape index (κ2) is 5.79. The lowest BCUT2D eigenvalue weighted by Gasteiger charge is -2.15. The van der Waals surface area contributed by atoms with Crippen LogP contribution in [0.4, 0.5) is 17.1 Å². The fourth-order valence-electron chi connectivity index (χ4n) is 1.75. The van der Waals surface area contributed by atoms with Gasteiger partial charge >= 0.3 is 0 Å². The van der Waals surface area contributed by atoms with E-state index in [0.29, 0.717) is 16.4 Å². The third kappa shape index (κ3) is 3.00. The molecule has 0 saturated carbocycles. The van der Waals surface area contributed by atoms with Gasteiger partial charge in [0.1, 0.15) is 0 Å². The highest BCUT2D eigenvalue weighted by atomic mass is 35.5. The molecule has 2 rings (SSSR count). The number of aromatic nitrogens is 1. The quantitative estimate of drug-likeness (QED) is 0.911. The van der Waals surface area contributed by atoms with E-state index in [1.165, 1.54) is 6.20 Å². The van der Waals surface area contributed by atoms with Crippen LogP contribution < -0.4 is 16.0 Å². The highest BCUT2D eigenvalue weighted by Crippen LogP contribution is 2.27. The van der Waals surface area contributed by atoms with Crippen LogP contribution in [0, 0.1) is 0 Å². The van der Waals surface area contributed by atoms with Gasteiger partial charge in [0.05, 0.1) is 16.4 Å². The van der Waals surface area contributed by atoms with E-state index in [-0.39, 0.29) is 11.6 Å². The van der Waals surface area contributed by atoms with E-state index < -0.39 is 0 Å². The number of nitrogen functional groups attached to an aromatic ring is 1. The maximum atomic E-state index is 12.1. The second-order valence-corrected chi connectivity index (χ2v) is 4.86. The van der Waals surface area contributed by atoms with Crippen molar-refractivity contribution in [2.75, 3.05) is 30.0 Å². The third-order valence-electron chi connectivity index (χ3n) is 2.74. The van der Waals surface area contributed by atoms with Gasteiger partial charge in [0.2, 0.25) is 0 Å². The summed E-state index contributed by atoms with van der Waals surface area (Å²) in [5.74, 6) is -0.364. The molecule has 1 heterocycles. The fraction of sp³-hybridized carbons (Fsp3) is 0.143. The number of anilines is 3. The molecule has 5 nitrogen and oxygen atoms in total. The Labute approximate surface area is 122 Å². The van der Waals surface area contributed by atoms with Gasteiger partial charge in [0.15, 0.2) is 5.69 Å². The number of nitrogens with two attached hydrogens (primary N) is 1. The standard InChI is InChI=1S/C14H15ClN4O/c1-19(2)12-6-5-9(8-10(12)15)18-14(20)13-11(16)4-3-7-17-13/h3-8H,16H2,1-2H3,(H,18,20). The maximum absolute atomic E-state index is 12.1. The number of carbonyl (C=O) groups excluding carboxylic acids is 1. The van der Waals surface area contributed by atoms with Gasteiger partial charge in [-0.3, -0.25) is 4.79 Å². The van der Waals surface area contributed by atoms with E-state index in [1.54, 1.807) is 24.3 Å². The zero-order valence-electron chi connectivity index (χ0n) is 11.2. The van der Waals surface area contributed by atoms with Crippen molar-refractivity contribution in [2.24, 2.45) is 0 Å². The number of benzene rings is 1. The Morgan fingerprint density at radius 3 is 2.70 bits per heavy atom. The van der Waals surface area contributed by atoms with Gasteiger partial charge in [0, 0.05) is 26.0 Å².